The minimum atomic E-state index is -0.180. The Morgan fingerprint density at radius 3 is 2.66 bits per heavy atom. The molecule has 3 heterocycles. The van der Waals surface area contributed by atoms with E-state index < -0.39 is 0 Å². The zero-order valence-electron chi connectivity index (χ0n) is 16.4. The Morgan fingerprint density at radius 1 is 1.21 bits per heavy atom. The van der Waals surface area contributed by atoms with Crippen molar-refractivity contribution in [3.05, 3.63) is 51.4 Å². The number of carbonyl (C=O) groups is 2. The summed E-state index contributed by atoms with van der Waals surface area (Å²) in [7, 11) is 0. The third kappa shape index (κ3) is 3.80. The zero-order valence-corrected chi connectivity index (χ0v) is 17.2. The summed E-state index contributed by atoms with van der Waals surface area (Å²) in [4.78, 5) is 44.8. The first kappa shape index (κ1) is 19.3. The quantitative estimate of drug-likeness (QED) is 0.700. The molecule has 3 aromatic rings. The molecule has 4 rings (SSSR count). The Hall–Kier alpha value is -3.00. The highest BCUT2D eigenvalue weighted by Crippen LogP contribution is 2.25. The maximum absolute atomic E-state index is 12.7. The molecule has 1 aliphatic heterocycles. The fraction of sp³-hybridized carbons (Fsp3) is 0.333. The summed E-state index contributed by atoms with van der Waals surface area (Å²) < 4.78 is 1.49. The largest absolute Gasteiger partial charge is 0.326 e. The number of thiophene rings is 1. The monoisotopic (exact) mass is 410 g/mol. The van der Waals surface area contributed by atoms with Gasteiger partial charge in [0.05, 0.1) is 11.7 Å². The molecule has 2 aromatic heterocycles. The van der Waals surface area contributed by atoms with Gasteiger partial charge >= 0.3 is 0 Å². The van der Waals surface area contributed by atoms with Crippen LogP contribution in [0.1, 0.15) is 29.7 Å². The number of rotatable bonds is 5. The van der Waals surface area contributed by atoms with Crippen LogP contribution in [0.2, 0.25) is 0 Å². The van der Waals surface area contributed by atoms with Crippen molar-refractivity contribution in [3.8, 4) is 0 Å². The second-order valence-electron chi connectivity index (χ2n) is 7.20. The van der Waals surface area contributed by atoms with Crippen molar-refractivity contribution >= 4 is 44.7 Å². The number of hydrogen-bond acceptors (Lipinski definition) is 5. The predicted octanol–water partition coefficient (Wildman–Crippen LogP) is 3.23. The zero-order chi connectivity index (χ0) is 20.5. The van der Waals surface area contributed by atoms with Crippen LogP contribution in [0.5, 0.6) is 0 Å². The molecular weight excluding hydrogens is 388 g/mol. The standard InChI is InChI=1S/C21H22N4O3S/c1-13-14(2)29-20-19(13)21(28)24(12-22-20)11-9-17(26)23-15-5-7-16(8-6-15)25-10-3-4-18(25)27/h5-8,12H,3-4,9-11H2,1-2H3,(H,23,26). The molecule has 1 aliphatic rings. The predicted molar refractivity (Wildman–Crippen MR) is 115 cm³/mol. The van der Waals surface area contributed by atoms with Gasteiger partial charge < -0.3 is 10.2 Å². The number of benzene rings is 1. The van der Waals surface area contributed by atoms with Gasteiger partial charge in [0.1, 0.15) is 4.83 Å². The molecule has 0 spiro atoms. The normalized spacial score (nSPS) is 14.0. The van der Waals surface area contributed by atoms with Gasteiger partial charge in [-0.15, -0.1) is 11.3 Å². The highest BCUT2D eigenvalue weighted by Gasteiger charge is 2.21. The van der Waals surface area contributed by atoms with E-state index in [0.717, 1.165) is 33.9 Å². The lowest BCUT2D eigenvalue weighted by atomic mass is 10.2. The second-order valence-corrected chi connectivity index (χ2v) is 8.40. The van der Waals surface area contributed by atoms with E-state index in [-0.39, 0.29) is 30.3 Å². The lowest BCUT2D eigenvalue weighted by Gasteiger charge is -2.16. The summed E-state index contributed by atoms with van der Waals surface area (Å²) in [5, 5.41) is 3.48. The summed E-state index contributed by atoms with van der Waals surface area (Å²) in [6.45, 7) is 4.90. The molecule has 29 heavy (non-hydrogen) atoms. The first-order valence-electron chi connectivity index (χ1n) is 9.59. The number of nitrogens with zero attached hydrogens (tertiary/aromatic N) is 3. The van der Waals surface area contributed by atoms with Gasteiger partial charge in [0.2, 0.25) is 11.8 Å². The highest BCUT2D eigenvalue weighted by molar-refractivity contribution is 7.18. The van der Waals surface area contributed by atoms with Crippen LogP contribution in [0.15, 0.2) is 35.4 Å². The van der Waals surface area contributed by atoms with E-state index in [0.29, 0.717) is 17.5 Å². The highest BCUT2D eigenvalue weighted by atomic mass is 32.1. The number of hydrogen-bond donors (Lipinski definition) is 1. The number of fused-ring (bicyclic) bond motifs is 1. The molecule has 0 aliphatic carbocycles. The van der Waals surface area contributed by atoms with Gasteiger partial charge in [0.15, 0.2) is 0 Å². The van der Waals surface area contributed by atoms with E-state index in [1.54, 1.807) is 17.0 Å². The molecule has 0 bridgehead atoms. The van der Waals surface area contributed by atoms with E-state index in [4.69, 9.17) is 0 Å². The van der Waals surface area contributed by atoms with Crippen molar-refractivity contribution in [1.29, 1.82) is 0 Å². The fourth-order valence-electron chi connectivity index (χ4n) is 3.52. The Bertz CT molecular complexity index is 1150. The van der Waals surface area contributed by atoms with Gasteiger partial charge in [0, 0.05) is 42.2 Å². The van der Waals surface area contributed by atoms with Crippen LogP contribution in [0.25, 0.3) is 10.2 Å². The van der Waals surface area contributed by atoms with Gasteiger partial charge in [-0.25, -0.2) is 4.98 Å². The van der Waals surface area contributed by atoms with Crippen LogP contribution >= 0.6 is 11.3 Å². The Labute approximate surface area is 172 Å². The lowest BCUT2D eigenvalue weighted by molar-refractivity contribution is -0.117. The van der Waals surface area contributed by atoms with Crippen molar-refractivity contribution < 1.29 is 9.59 Å². The van der Waals surface area contributed by atoms with E-state index >= 15 is 0 Å². The summed E-state index contributed by atoms with van der Waals surface area (Å²) in [6, 6.07) is 7.25. The topological polar surface area (TPSA) is 84.3 Å². The molecule has 1 aromatic carbocycles. The molecule has 1 saturated heterocycles. The average Bonchev–Trinajstić information content (AvgIpc) is 3.25. The molecule has 0 radical (unpaired) electrons. The van der Waals surface area contributed by atoms with Crippen LogP contribution < -0.4 is 15.8 Å². The van der Waals surface area contributed by atoms with Crippen LogP contribution in [-0.4, -0.2) is 27.9 Å². The summed E-state index contributed by atoms with van der Waals surface area (Å²) in [5.41, 5.74) is 2.36. The lowest BCUT2D eigenvalue weighted by Crippen LogP contribution is -2.24. The van der Waals surface area contributed by atoms with Crippen LogP contribution in [0.4, 0.5) is 11.4 Å². The fourth-order valence-corrected chi connectivity index (χ4v) is 4.51. The maximum Gasteiger partial charge on any atom is 0.262 e. The number of anilines is 2. The molecule has 0 saturated carbocycles. The SMILES string of the molecule is Cc1sc2ncn(CCC(=O)Nc3ccc(N4CCCC4=O)cc3)c(=O)c2c1C. The van der Waals surface area contributed by atoms with Gasteiger partial charge in [0.25, 0.3) is 5.56 Å². The average molecular weight is 410 g/mol. The first-order chi connectivity index (χ1) is 13.9. The summed E-state index contributed by atoms with van der Waals surface area (Å²) in [5.74, 6) is -0.0472. The van der Waals surface area contributed by atoms with Crippen molar-refractivity contribution in [2.45, 2.75) is 39.7 Å². The molecule has 150 valence electrons. The summed E-state index contributed by atoms with van der Waals surface area (Å²) >= 11 is 1.51. The molecule has 8 heteroatoms. The molecular formula is C21H22N4O3S. The first-order valence-corrected chi connectivity index (χ1v) is 10.4. The summed E-state index contributed by atoms with van der Waals surface area (Å²) in [6.07, 6.45) is 3.14. The third-order valence-electron chi connectivity index (χ3n) is 5.27. The number of carbonyl (C=O) groups excluding carboxylic acids is 2. The minimum Gasteiger partial charge on any atom is -0.326 e. The van der Waals surface area contributed by atoms with Crippen molar-refractivity contribution in [3.63, 3.8) is 0 Å². The van der Waals surface area contributed by atoms with Crippen LogP contribution in [0, 0.1) is 13.8 Å². The van der Waals surface area contributed by atoms with Crippen LogP contribution in [-0.2, 0) is 16.1 Å². The number of nitrogens with one attached hydrogen (secondary N) is 1. The number of aryl methyl sites for hydroxylation is 3. The molecule has 0 unspecified atom stereocenters. The number of aromatic nitrogens is 2. The van der Waals surface area contributed by atoms with Crippen molar-refractivity contribution in [2.75, 3.05) is 16.8 Å². The van der Waals surface area contributed by atoms with Crippen molar-refractivity contribution in [2.24, 2.45) is 0 Å². The third-order valence-corrected chi connectivity index (χ3v) is 6.39. The molecule has 0 atom stereocenters. The van der Waals surface area contributed by atoms with Crippen LogP contribution in [0.3, 0.4) is 0 Å². The smallest absolute Gasteiger partial charge is 0.262 e. The van der Waals surface area contributed by atoms with E-state index in [9.17, 15) is 14.4 Å². The van der Waals surface area contributed by atoms with E-state index in [2.05, 4.69) is 10.3 Å². The second kappa shape index (κ2) is 7.79. The Morgan fingerprint density at radius 2 is 1.97 bits per heavy atom. The molecule has 2 amide bonds. The minimum absolute atomic E-state index is 0.107. The van der Waals surface area contributed by atoms with E-state index in [1.807, 2.05) is 26.0 Å². The van der Waals surface area contributed by atoms with E-state index in [1.165, 1.54) is 22.2 Å². The van der Waals surface area contributed by atoms with Gasteiger partial charge in [-0.3, -0.25) is 19.0 Å². The van der Waals surface area contributed by atoms with Gasteiger partial charge in [-0.05, 0) is 50.1 Å². The van der Waals surface area contributed by atoms with Crippen molar-refractivity contribution in [1.82, 2.24) is 9.55 Å². The number of amides is 2. The van der Waals surface area contributed by atoms with Gasteiger partial charge in [-0.1, -0.05) is 0 Å². The Balaban J connectivity index is 1.40. The maximum atomic E-state index is 12.7. The molecule has 1 fully saturated rings. The van der Waals surface area contributed by atoms with Gasteiger partial charge in [-0.2, -0.15) is 0 Å². The Kier molecular flexibility index (Phi) is 5.19. The molecule has 7 nitrogen and oxygen atoms in total. The molecule has 1 N–H and O–H groups in total.